The van der Waals surface area contributed by atoms with Crippen molar-refractivity contribution in [2.24, 2.45) is 0 Å². The zero-order chi connectivity index (χ0) is 27.4. The Morgan fingerprint density at radius 2 is 1.24 bits per heavy atom. The lowest BCUT2D eigenvalue weighted by atomic mass is 10.0. The summed E-state index contributed by atoms with van der Waals surface area (Å²) in [4.78, 5) is 12.6. The lowest BCUT2D eigenvalue weighted by Crippen LogP contribution is -1.86. The van der Waals surface area contributed by atoms with E-state index < -0.39 is 0 Å². The minimum Gasteiger partial charge on any atom is -0.443 e. The van der Waals surface area contributed by atoms with Crippen molar-refractivity contribution >= 4 is 48.9 Å². The molecule has 3 aromatic carbocycles. The summed E-state index contributed by atoms with van der Waals surface area (Å²) in [6.07, 6.45) is 1.50. The van der Waals surface area contributed by atoms with Gasteiger partial charge in [-0.15, -0.1) is 0 Å². The van der Waals surface area contributed by atoms with Crippen LogP contribution in [-0.4, -0.2) is 15.0 Å². The van der Waals surface area contributed by atoms with Gasteiger partial charge in [-0.2, -0.15) is 0 Å². The van der Waals surface area contributed by atoms with Gasteiger partial charge in [0.1, 0.15) is 11.0 Å². The third-order valence-corrected chi connectivity index (χ3v) is 7.22. The van der Waals surface area contributed by atoms with Gasteiger partial charge < -0.3 is 14.6 Å². The molecule has 3 heterocycles. The predicted octanol–water partition coefficient (Wildman–Crippen LogP) is 9.21. The Morgan fingerprint density at radius 3 is 1.87 bits per heavy atom. The topological polar surface area (TPSA) is 91.0 Å². The fourth-order valence-corrected chi connectivity index (χ4v) is 5.33. The van der Waals surface area contributed by atoms with Crippen LogP contribution in [0.3, 0.4) is 0 Å². The molecule has 38 heavy (non-hydrogen) atoms. The van der Waals surface area contributed by atoms with Crippen molar-refractivity contribution in [2.75, 3.05) is 5.73 Å². The van der Waals surface area contributed by atoms with Gasteiger partial charge in [0.25, 0.3) is 0 Å². The molecule has 0 amide bonds. The van der Waals surface area contributed by atoms with E-state index in [-0.39, 0.29) is 0 Å². The summed E-state index contributed by atoms with van der Waals surface area (Å²) in [5, 5.41) is 0.656. The maximum absolute atomic E-state index is 5.67. The van der Waals surface area contributed by atoms with Gasteiger partial charge in [0.05, 0.1) is 10.2 Å². The molecule has 0 radical (unpaired) electrons. The lowest BCUT2D eigenvalue weighted by Gasteiger charge is -2.04. The van der Waals surface area contributed by atoms with E-state index in [1.54, 1.807) is 11.3 Å². The molecule has 6 nitrogen and oxygen atoms in total. The van der Waals surface area contributed by atoms with Gasteiger partial charge in [0, 0.05) is 6.92 Å². The molecule has 0 fully saturated rings. The molecule has 3 aromatic heterocycles. The summed E-state index contributed by atoms with van der Waals surface area (Å²) in [7, 11) is 0. The van der Waals surface area contributed by atoms with Gasteiger partial charge >= 0.3 is 0 Å². The number of oxazole rings is 2. The minimum absolute atomic E-state index is 0.482. The first-order valence-corrected chi connectivity index (χ1v) is 13.8. The molecular weight excluding hydrogens is 492 g/mol. The predicted molar refractivity (Wildman–Crippen MR) is 159 cm³/mol. The molecule has 198 valence electrons. The van der Waals surface area contributed by atoms with E-state index in [9.17, 15) is 0 Å². The van der Waals surface area contributed by atoms with Crippen LogP contribution in [0.5, 0.6) is 0 Å². The second-order valence-corrected chi connectivity index (χ2v) is 11.2. The first kappa shape index (κ1) is 27.3. The SMILES string of the molecule is CC(C)c1cccc2nc(N)sc12.CC(C)c1cccc2ncoc12.Cc1nc2cccc(C(C)C)c2o1. The van der Waals surface area contributed by atoms with E-state index in [0.29, 0.717) is 22.9 Å². The number of para-hydroxylation sites is 2. The molecule has 0 spiro atoms. The monoisotopic (exact) mass is 528 g/mol. The minimum atomic E-state index is 0.482. The number of fused-ring (bicyclic) bond motifs is 3. The largest absolute Gasteiger partial charge is 0.443 e. The van der Waals surface area contributed by atoms with Crippen molar-refractivity contribution < 1.29 is 8.83 Å². The highest BCUT2D eigenvalue weighted by atomic mass is 32.1. The zero-order valence-electron chi connectivity index (χ0n) is 23.1. The van der Waals surface area contributed by atoms with Gasteiger partial charge in [-0.3, -0.25) is 0 Å². The van der Waals surface area contributed by atoms with Gasteiger partial charge in [0.15, 0.2) is 28.6 Å². The van der Waals surface area contributed by atoms with Gasteiger partial charge in [-0.25, -0.2) is 15.0 Å². The number of nitrogen functional groups attached to an aromatic ring is 1. The second kappa shape index (κ2) is 11.8. The van der Waals surface area contributed by atoms with Crippen LogP contribution in [0.15, 0.2) is 69.8 Å². The van der Waals surface area contributed by atoms with Crippen LogP contribution in [0.1, 0.15) is 81.9 Å². The van der Waals surface area contributed by atoms with Crippen LogP contribution in [0.2, 0.25) is 0 Å². The van der Waals surface area contributed by atoms with E-state index >= 15 is 0 Å². The first-order chi connectivity index (χ1) is 18.2. The fraction of sp³-hybridized carbons (Fsp3) is 0.323. The van der Waals surface area contributed by atoms with Crippen molar-refractivity contribution in [3.8, 4) is 0 Å². The summed E-state index contributed by atoms with van der Waals surface area (Å²) in [6.45, 7) is 14.9. The number of rotatable bonds is 3. The molecular formula is C31H36N4O2S. The quantitative estimate of drug-likeness (QED) is 0.246. The van der Waals surface area contributed by atoms with E-state index in [1.807, 2.05) is 43.3 Å². The molecule has 0 unspecified atom stereocenters. The van der Waals surface area contributed by atoms with Crippen molar-refractivity contribution in [3.05, 3.63) is 83.6 Å². The molecule has 0 saturated heterocycles. The average molecular weight is 529 g/mol. The molecule has 0 aliphatic carbocycles. The fourth-order valence-electron chi connectivity index (χ4n) is 4.34. The molecule has 7 heteroatoms. The van der Waals surface area contributed by atoms with Crippen LogP contribution in [0.25, 0.3) is 32.4 Å². The van der Waals surface area contributed by atoms with Crippen molar-refractivity contribution in [1.29, 1.82) is 0 Å². The smallest absolute Gasteiger partial charge is 0.192 e. The van der Waals surface area contributed by atoms with E-state index in [4.69, 9.17) is 14.6 Å². The number of nitrogens with zero attached hydrogens (tertiary/aromatic N) is 3. The van der Waals surface area contributed by atoms with E-state index in [2.05, 4.69) is 74.7 Å². The molecule has 6 aromatic rings. The number of hydrogen-bond acceptors (Lipinski definition) is 7. The van der Waals surface area contributed by atoms with Crippen molar-refractivity contribution in [2.45, 2.75) is 66.2 Å². The molecule has 0 saturated carbocycles. The molecule has 6 rings (SSSR count). The highest BCUT2D eigenvalue weighted by molar-refractivity contribution is 7.22. The Labute approximate surface area is 227 Å². The highest BCUT2D eigenvalue weighted by Gasteiger charge is 2.10. The van der Waals surface area contributed by atoms with Crippen LogP contribution >= 0.6 is 11.3 Å². The number of benzene rings is 3. The maximum Gasteiger partial charge on any atom is 0.192 e. The first-order valence-electron chi connectivity index (χ1n) is 13.0. The number of thiazole rings is 1. The third-order valence-electron chi connectivity index (χ3n) is 6.27. The van der Waals surface area contributed by atoms with Crippen LogP contribution < -0.4 is 5.73 Å². The summed E-state index contributed by atoms with van der Waals surface area (Å²) in [5.74, 6) is 2.24. The van der Waals surface area contributed by atoms with Gasteiger partial charge in [-0.05, 0) is 52.6 Å². The highest BCUT2D eigenvalue weighted by Crippen LogP contribution is 2.31. The number of hydrogen-bond donors (Lipinski definition) is 1. The van der Waals surface area contributed by atoms with Crippen LogP contribution in [0.4, 0.5) is 5.13 Å². The maximum atomic E-state index is 5.67. The Balaban J connectivity index is 0.000000133. The van der Waals surface area contributed by atoms with E-state index in [0.717, 1.165) is 33.6 Å². The summed E-state index contributed by atoms with van der Waals surface area (Å²) in [5.41, 5.74) is 14.3. The lowest BCUT2D eigenvalue weighted by molar-refractivity contribution is 0.555. The standard InChI is InChI=1S/C11H13NO.C10H12N2S.C10H11NO/c1-7(2)9-5-4-6-10-11(9)13-8(3)12-10;1-6(2)7-4-3-5-8-9(7)13-10(11)12-8;1-7(2)8-4-3-5-9-10(8)12-6-11-9/h4-7H,1-3H3;3-6H,1-2H3,(H2,11,12);3-7H,1-2H3. The number of aromatic nitrogens is 3. The molecule has 0 atom stereocenters. The third kappa shape index (κ3) is 6.05. The summed E-state index contributed by atoms with van der Waals surface area (Å²) in [6, 6.07) is 18.4. The van der Waals surface area contributed by atoms with Crippen LogP contribution in [-0.2, 0) is 0 Å². The normalized spacial score (nSPS) is 11.3. The van der Waals surface area contributed by atoms with Crippen molar-refractivity contribution in [3.63, 3.8) is 0 Å². The van der Waals surface area contributed by atoms with Gasteiger partial charge in [-0.1, -0.05) is 89.3 Å². The average Bonchev–Trinajstić information content (AvgIpc) is 3.59. The Hall–Kier alpha value is -3.71. The number of nitrogens with two attached hydrogens (primary N) is 1. The second-order valence-electron chi connectivity index (χ2n) is 10.2. The number of aryl methyl sites for hydroxylation is 1. The molecule has 0 bridgehead atoms. The number of anilines is 1. The van der Waals surface area contributed by atoms with Crippen LogP contribution in [0, 0.1) is 6.92 Å². The molecule has 0 aliphatic rings. The Kier molecular flexibility index (Phi) is 8.47. The summed E-state index contributed by atoms with van der Waals surface area (Å²) < 4.78 is 12.1. The Morgan fingerprint density at radius 1 is 0.684 bits per heavy atom. The zero-order valence-corrected chi connectivity index (χ0v) is 24.0. The molecule has 2 N–H and O–H groups in total. The molecule has 0 aliphatic heterocycles. The summed E-state index contributed by atoms with van der Waals surface area (Å²) >= 11 is 1.57. The van der Waals surface area contributed by atoms with Crippen molar-refractivity contribution in [1.82, 2.24) is 15.0 Å². The van der Waals surface area contributed by atoms with Gasteiger partial charge in [0.2, 0.25) is 0 Å². The van der Waals surface area contributed by atoms with E-state index in [1.165, 1.54) is 27.8 Å². The Bertz CT molecular complexity index is 1560.